The third-order valence-corrected chi connectivity index (χ3v) is 2.14. The van der Waals surface area contributed by atoms with E-state index in [0.717, 1.165) is 0 Å². The van der Waals surface area contributed by atoms with Gasteiger partial charge in [0.2, 0.25) is 5.95 Å². The maximum absolute atomic E-state index is 10.6. The van der Waals surface area contributed by atoms with Crippen LogP contribution in [0.15, 0.2) is 24.3 Å². The van der Waals surface area contributed by atoms with Crippen LogP contribution < -0.4 is 4.90 Å². The van der Waals surface area contributed by atoms with E-state index in [4.69, 9.17) is 0 Å². The van der Waals surface area contributed by atoms with Crippen LogP contribution in [0.4, 0.5) is 11.6 Å². The van der Waals surface area contributed by atoms with Crippen LogP contribution in [0.3, 0.4) is 0 Å². The van der Waals surface area contributed by atoms with E-state index in [9.17, 15) is 10.1 Å². The average Bonchev–Trinajstić information content (AvgIpc) is 2.52. The summed E-state index contributed by atoms with van der Waals surface area (Å²) in [5.74, 6) is 0.601. The maximum atomic E-state index is 10.6. The quantitative estimate of drug-likeness (QED) is 0.565. The Hall–Kier alpha value is -2.24. The molecule has 82 valence electrons. The fourth-order valence-electron chi connectivity index (χ4n) is 1.31. The molecule has 1 aliphatic heterocycles. The van der Waals surface area contributed by atoms with Gasteiger partial charge in [0.25, 0.3) is 5.69 Å². The molecule has 1 aliphatic carbocycles. The molecule has 2 rings (SSSR count). The minimum absolute atomic E-state index is 0.0335. The molecule has 0 atom stereocenters. The molecule has 0 radical (unpaired) electrons. The van der Waals surface area contributed by atoms with Crippen molar-refractivity contribution < 1.29 is 4.92 Å². The van der Waals surface area contributed by atoms with Gasteiger partial charge in [-0.15, -0.1) is 0 Å². The van der Waals surface area contributed by atoms with Crippen molar-refractivity contribution in [1.82, 2.24) is 9.97 Å². The number of nitro groups is 1. The lowest BCUT2D eigenvalue weighted by atomic mass is 10.3. The Bertz CT molecular complexity index is 479. The first kappa shape index (κ1) is 10.3. The Kier molecular flexibility index (Phi) is 2.40. The van der Waals surface area contributed by atoms with E-state index in [1.165, 1.54) is 12.1 Å². The fourth-order valence-corrected chi connectivity index (χ4v) is 1.31. The number of hydrogen-bond donors (Lipinski definition) is 0. The molecule has 0 fully saturated rings. The third-order valence-electron chi connectivity index (χ3n) is 2.14. The Labute approximate surface area is 92.0 Å². The number of rotatable bonds is 2. The Morgan fingerprint density at radius 1 is 1.12 bits per heavy atom. The van der Waals surface area contributed by atoms with Gasteiger partial charge in [-0.2, -0.15) is 0 Å². The van der Waals surface area contributed by atoms with E-state index in [1.807, 2.05) is 14.1 Å². The van der Waals surface area contributed by atoms with Gasteiger partial charge < -0.3 is 4.90 Å². The summed E-state index contributed by atoms with van der Waals surface area (Å²) < 4.78 is 0. The van der Waals surface area contributed by atoms with Crippen molar-refractivity contribution in [2.75, 3.05) is 19.0 Å². The predicted molar refractivity (Wildman–Crippen MR) is 59.6 cm³/mol. The second-order valence-electron chi connectivity index (χ2n) is 3.54. The third kappa shape index (κ3) is 1.77. The maximum Gasteiger partial charge on any atom is 0.269 e. The zero-order valence-electron chi connectivity index (χ0n) is 8.91. The van der Waals surface area contributed by atoms with Gasteiger partial charge in [0.15, 0.2) is 0 Å². The van der Waals surface area contributed by atoms with Crippen LogP contribution in [0.25, 0.3) is 11.4 Å². The molecular weight excluding hydrogens is 208 g/mol. The molecule has 0 spiro atoms. The van der Waals surface area contributed by atoms with Crippen LogP contribution in [-0.2, 0) is 0 Å². The highest BCUT2D eigenvalue weighted by Crippen LogP contribution is 2.23. The SMILES string of the molecule is CN(C)c1nc2ccc([N+](=O)[O-])ccc-2n1. The molecule has 0 bridgehead atoms. The zero-order chi connectivity index (χ0) is 11.7. The van der Waals surface area contributed by atoms with Crippen LogP contribution in [0.5, 0.6) is 0 Å². The van der Waals surface area contributed by atoms with Gasteiger partial charge in [0.1, 0.15) is 0 Å². The summed E-state index contributed by atoms with van der Waals surface area (Å²) in [6, 6.07) is 6.06. The molecule has 0 amide bonds. The normalized spacial score (nSPS) is 10.4. The lowest BCUT2D eigenvalue weighted by molar-refractivity contribution is -0.384. The van der Waals surface area contributed by atoms with Crippen LogP contribution in [-0.4, -0.2) is 29.0 Å². The Morgan fingerprint density at radius 2 is 1.62 bits per heavy atom. The molecule has 16 heavy (non-hydrogen) atoms. The van der Waals surface area contributed by atoms with Crippen molar-refractivity contribution in [2.45, 2.75) is 0 Å². The standard InChI is InChI=1S/C10H10N4O2/c1-13(2)10-11-8-5-3-7(14(15)16)4-6-9(8)12-10/h3-6H,1-2H3. The molecule has 6 heteroatoms. The minimum atomic E-state index is -0.439. The number of fused-ring (bicyclic) bond motifs is 1. The average molecular weight is 218 g/mol. The molecule has 0 saturated carbocycles. The van der Waals surface area contributed by atoms with Gasteiger partial charge in [-0.05, 0) is 12.1 Å². The molecule has 0 aromatic carbocycles. The van der Waals surface area contributed by atoms with Crippen molar-refractivity contribution in [1.29, 1.82) is 0 Å². The van der Waals surface area contributed by atoms with Gasteiger partial charge in [-0.3, -0.25) is 10.1 Å². The van der Waals surface area contributed by atoms with E-state index < -0.39 is 4.92 Å². The highest BCUT2D eigenvalue weighted by Gasteiger charge is 2.12. The number of hydrogen-bond acceptors (Lipinski definition) is 5. The van der Waals surface area contributed by atoms with E-state index in [0.29, 0.717) is 17.3 Å². The molecule has 2 aliphatic rings. The number of nitrogens with zero attached hydrogens (tertiary/aromatic N) is 4. The fraction of sp³-hybridized carbons (Fsp3) is 0.200. The lowest BCUT2D eigenvalue weighted by Gasteiger charge is -2.03. The summed E-state index contributed by atoms with van der Waals surface area (Å²) >= 11 is 0. The first-order chi connectivity index (χ1) is 7.58. The van der Waals surface area contributed by atoms with Gasteiger partial charge in [-0.1, -0.05) is 0 Å². The molecule has 0 N–H and O–H groups in total. The number of anilines is 1. The summed E-state index contributed by atoms with van der Waals surface area (Å²) in [7, 11) is 3.69. The molecule has 0 aromatic rings. The molecular formula is C10H10N4O2. The van der Waals surface area contributed by atoms with Gasteiger partial charge in [0.05, 0.1) is 16.3 Å². The number of aromatic nitrogens is 2. The molecule has 1 heterocycles. The van der Waals surface area contributed by atoms with Gasteiger partial charge in [-0.25, -0.2) is 9.97 Å². The first-order valence-corrected chi connectivity index (χ1v) is 4.67. The highest BCUT2D eigenvalue weighted by atomic mass is 16.6. The molecule has 6 nitrogen and oxygen atoms in total. The summed E-state index contributed by atoms with van der Waals surface area (Å²) in [5, 5.41) is 10.6. The summed E-state index contributed by atoms with van der Waals surface area (Å²) in [4.78, 5) is 20.4. The van der Waals surface area contributed by atoms with Crippen molar-refractivity contribution >= 4 is 11.6 Å². The zero-order valence-corrected chi connectivity index (χ0v) is 8.91. The largest absolute Gasteiger partial charge is 0.347 e. The van der Waals surface area contributed by atoms with Gasteiger partial charge >= 0.3 is 0 Å². The lowest BCUT2D eigenvalue weighted by Crippen LogP contribution is -2.09. The van der Waals surface area contributed by atoms with Crippen LogP contribution >= 0.6 is 0 Å². The topological polar surface area (TPSA) is 72.2 Å². The monoisotopic (exact) mass is 218 g/mol. The highest BCUT2D eigenvalue weighted by molar-refractivity contribution is 5.61. The molecule has 0 saturated heterocycles. The van der Waals surface area contributed by atoms with Crippen molar-refractivity contribution in [3.05, 3.63) is 34.4 Å². The van der Waals surface area contributed by atoms with Gasteiger partial charge in [0, 0.05) is 26.2 Å². The second-order valence-corrected chi connectivity index (χ2v) is 3.54. The second kappa shape index (κ2) is 3.73. The molecule has 0 aromatic heterocycles. The van der Waals surface area contributed by atoms with E-state index in [-0.39, 0.29) is 5.69 Å². The first-order valence-electron chi connectivity index (χ1n) is 4.67. The van der Waals surface area contributed by atoms with E-state index >= 15 is 0 Å². The van der Waals surface area contributed by atoms with Crippen molar-refractivity contribution in [2.24, 2.45) is 0 Å². The van der Waals surface area contributed by atoms with Crippen LogP contribution in [0.2, 0.25) is 0 Å². The van der Waals surface area contributed by atoms with E-state index in [2.05, 4.69) is 9.97 Å². The predicted octanol–water partition coefficient (Wildman–Crippen LogP) is 1.56. The Morgan fingerprint density at radius 3 is 2.00 bits per heavy atom. The van der Waals surface area contributed by atoms with Crippen molar-refractivity contribution in [3.8, 4) is 11.4 Å². The van der Waals surface area contributed by atoms with Crippen LogP contribution in [0.1, 0.15) is 0 Å². The summed E-state index contributed by atoms with van der Waals surface area (Å²) in [6.07, 6.45) is 0. The summed E-state index contributed by atoms with van der Waals surface area (Å²) in [6.45, 7) is 0. The Balaban J connectivity index is 2.53. The van der Waals surface area contributed by atoms with Crippen molar-refractivity contribution in [3.63, 3.8) is 0 Å². The van der Waals surface area contributed by atoms with E-state index in [1.54, 1.807) is 17.0 Å². The smallest absolute Gasteiger partial charge is 0.269 e. The minimum Gasteiger partial charge on any atom is -0.347 e. The van der Waals surface area contributed by atoms with Crippen LogP contribution in [0, 0.1) is 10.1 Å². The molecule has 0 unspecified atom stereocenters. The summed E-state index contributed by atoms with van der Waals surface area (Å²) in [5.41, 5.74) is 1.33. The number of imidazole rings is 1.